The SMILES string of the molecule is Cc1cccc(OCC(CN)NC(=O)O)c1. The maximum absolute atomic E-state index is 10.4. The van der Waals surface area contributed by atoms with Crippen molar-refractivity contribution in [2.75, 3.05) is 13.2 Å². The van der Waals surface area contributed by atoms with Gasteiger partial charge in [-0.1, -0.05) is 12.1 Å². The molecule has 0 aliphatic rings. The standard InChI is InChI=1S/C11H16N2O3/c1-8-3-2-4-10(5-8)16-7-9(6-12)13-11(14)15/h2-5,9,13H,6-7,12H2,1H3,(H,14,15). The van der Waals surface area contributed by atoms with Crippen LogP contribution in [0.3, 0.4) is 0 Å². The van der Waals surface area contributed by atoms with Gasteiger partial charge < -0.3 is 20.9 Å². The van der Waals surface area contributed by atoms with E-state index in [1.165, 1.54) is 0 Å². The Labute approximate surface area is 94.2 Å². The highest BCUT2D eigenvalue weighted by atomic mass is 16.5. The van der Waals surface area contributed by atoms with Gasteiger partial charge in [0.15, 0.2) is 0 Å². The van der Waals surface area contributed by atoms with Crippen molar-refractivity contribution in [1.82, 2.24) is 5.32 Å². The van der Waals surface area contributed by atoms with Crippen LogP contribution in [0, 0.1) is 6.92 Å². The lowest BCUT2D eigenvalue weighted by Gasteiger charge is -2.15. The number of hydrogen-bond acceptors (Lipinski definition) is 3. The summed E-state index contributed by atoms with van der Waals surface area (Å²) in [5.74, 6) is 0.714. The summed E-state index contributed by atoms with van der Waals surface area (Å²) < 4.78 is 5.43. The molecule has 0 saturated carbocycles. The Kier molecular flexibility index (Phi) is 4.60. The lowest BCUT2D eigenvalue weighted by molar-refractivity contribution is 0.181. The Bertz CT molecular complexity index is 355. The lowest BCUT2D eigenvalue weighted by atomic mass is 10.2. The Morgan fingerprint density at radius 2 is 2.38 bits per heavy atom. The minimum absolute atomic E-state index is 0.206. The fourth-order valence-electron chi connectivity index (χ4n) is 1.25. The normalized spacial score (nSPS) is 11.9. The van der Waals surface area contributed by atoms with Crippen LogP contribution in [0.4, 0.5) is 4.79 Å². The molecule has 0 radical (unpaired) electrons. The van der Waals surface area contributed by atoms with E-state index < -0.39 is 12.1 Å². The van der Waals surface area contributed by atoms with Crippen molar-refractivity contribution in [3.63, 3.8) is 0 Å². The number of rotatable bonds is 5. The Hall–Kier alpha value is -1.75. The summed E-state index contributed by atoms with van der Waals surface area (Å²) in [7, 11) is 0. The van der Waals surface area contributed by atoms with E-state index >= 15 is 0 Å². The summed E-state index contributed by atoms with van der Waals surface area (Å²) in [5.41, 5.74) is 6.50. The van der Waals surface area contributed by atoms with E-state index in [4.69, 9.17) is 15.6 Å². The minimum atomic E-state index is -1.09. The van der Waals surface area contributed by atoms with Gasteiger partial charge in [0.2, 0.25) is 0 Å². The van der Waals surface area contributed by atoms with Gasteiger partial charge in [-0.05, 0) is 24.6 Å². The maximum Gasteiger partial charge on any atom is 0.405 e. The van der Waals surface area contributed by atoms with Crippen molar-refractivity contribution in [2.45, 2.75) is 13.0 Å². The molecule has 1 aromatic carbocycles. The molecule has 88 valence electrons. The zero-order valence-electron chi connectivity index (χ0n) is 9.14. The van der Waals surface area contributed by atoms with E-state index in [-0.39, 0.29) is 13.2 Å². The van der Waals surface area contributed by atoms with Gasteiger partial charge in [0, 0.05) is 6.54 Å². The summed E-state index contributed by atoms with van der Waals surface area (Å²) in [6, 6.07) is 7.16. The number of carboxylic acid groups (broad SMARTS) is 1. The highest BCUT2D eigenvalue weighted by Gasteiger charge is 2.09. The Morgan fingerprint density at radius 1 is 1.62 bits per heavy atom. The number of nitrogens with two attached hydrogens (primary N) is 1. The Morgan fingerprint density at radius 3 is 2.94 bits per heavy atom. The van der Waals surface area contributed by atoms with Crippen LogP contribution in [-0.4, -0.2) is 30.4 Å². The first kappa shape index (κ1) is 12.3. The summed E-state index contributed by atoms with van der Waals surface area (Å²) in [5, 5.41) is 10.8. The summed E-state index contributed by atoms with van der Waals surface area (Å²) >= 11 is 0. The molecule has 5 heteroatoms. The molecule has 0 spiro atoms. The van der Waals surface area contributed by atoms with Crippen molar-refractivity contribution in [2.24, 2.45) is 5.73 Å². The van der Waals surface area contributed by atoms with Crippen molar-refractivity contribution in [3.8, 4) is 5.75 Å². The monoisotopic (exact) mass is 224 g/mol. The average Bonchev–Trinajstić information content (AvgIpc) is 2.24. The van der Waals surface area contributed by atoms with Crippen molar-refractivity contribution in [3.05, 3.63) is 29.8 Å². The quantitative estimate of drug-likeness (QED) is 0.695. The van der Waals surface area contributed by atoms with Crippen LogP contribution >= 0.6 is 0 Å². The number of carbonyl (C=O) groups is 1. The van der Waals surface area contributed by atoms with Crippen LogP contribution in [0.25, 0.3) is 0 Å². The zero-order chi connectivity index (χ0) is 12.0. The van der Waals surface area contributed by atoms with E-state index in [9.17, 15) is 4.79 Å². The van der Waals surface area contributed by atoms with E-state index in [0.29, 0.717) is 5.75 Å². The fourth-order valence-corrected chi connectivity index (χ4v) is 1.25. The second-order valence-corrected chi connectivity index (χ2v) is 3.51. The first-order valence-electron chi connectivity index (χ1n) is 5.01. The van der Waals surface area contributed by atoms with Crippen LogP contribution in [0.1, 0.15) is 5.56 Å². The Balaban J connectivity index is 2.46. The number of nitrogens with one attached hydrogen (secondary N) is 1. The van der Waals surface area contributed by atoms with E-state index in [2.05, 4.69) is 5.32 Å². The third kappa shape index (κ3) is 4.18. The summed E-state index contributed by atoms with van der Waals surface area (Å²) in [4.78, 5) is 10.4. The molecule has 0 bridgehead atoms. The molecule has 1 amide bonds. The molecule has 0 aliphatic carbocycles. The van der Waals surface area contributed by atoms with E-state index in [1.54, 1.807) is 0 Å². The predicted octanol–water partition coefficient (Wildman–Crippen LogP) is 0.969. The second kappa shape index (κ2) is 5.97. The van der Waals surface area contributed by atoms with Crippen LogP contribution in [-0.2, 0) is 0 Å². The molecule has 0 aliphatic heterocycles. The third-order valence-corrected chi connectivity index (χ3v) is 2.05. The van der Waals surface area contributed by atoms with Crippen LogP contribution in [0.5, 0.6) is 5.75 Å². The molecule has 1 atom stereocenters. The van der Waals surface area contributed by atoms with Gasteiger partial charge in [-0.3, -0.25) is 0 Å². The number of amides is 1. The largest absolute Gasteiger partial charge is 0.491 e. The molecule has 1 aromatic rings. The molecule has 1 rings (SSSR count). The molecule has 0 heterocycles. The summed E-state index contributed by atoms with van der Waals surface area (Å²) in [6.45, 7) is 2.40. The molecule has 1 unspecified atom stereocenters. The van der Waals surface area contributed by atoms with E-state index in [0.717, 1.165) is 5.56 Å². The molecule has 0 aromatic heterocycles. The molecule has 5 nitrogen and oxygen atoms in total. The number of hydrogen-bond donors (Lipinski definition) is 3. The van der Waals surface area contributed by atoms with Gasteiger partial charge >= 0.3 is 6.09 Å². The van der Waals surface area contributed by atoms with Crippen molar-refractivity contribution < 1.29 is 14.6 Å². The molecule has 16 heavy (non-hydrogen) atoms. The van der Waals surface area contributed by atoms with E-state index in [1.807, 2.05) is 31.2 Å². The maximum atomic E-state index is 10.4. The zero-order valence-corrected chi connectivity index (χ0v) is 9.14. The molecule has 0 fully saturated rings. The average molecular weight is 224 g/mol. The summed E-state index contributed by atoms with van der Waals surface area (Å²) in [6.07, 6.45) is -1.09. The highest BCUT2D eigenvalue weighted by molar-refractivity contribution is 5.64. The van der Waals surface area contributed by atoms with Crippen LogP contribution < -0.4 is 15.8 Å². The van der Waals surface area contributed by atoms with Gasteiger partial charge in [0.05, 0.1) is 6.04 Å². The number of ether oxygens (including phenoxy) is 1. The second-order valence-electron chi connectivity index (χ2n) is 3.51. The third-order valence-electron chi connectivity index (χ3n) is 2.05. The van der Waals surface area contributed by atoms with Gasteiger partial charge in [-0.15, -0.1) is 0 Å². The van der Waals surface area contributed by atoms with Gasteiger partial charge in [-0.25, -0.2) is 4.79 Å². The minimum Gasteiger partial charge on any atom is -0.491 e. The fraction of sp³-hybridized carbons (Fsp3) is 0.364. The predicted molar refractivity (Wildman–Crippen MR) is 60.7 cm³/mol. The molecule has 4 N–H and O–H groups in total. The lowest BCUT2D eigenvalue weighted by Crippen LogP contribution is -2.43. The van der Waals surface area contributed by atoms with Crippen molar-refractivity contribution in [1.29, 1.82) is 0 Å². The van der Waals surface area contributed by atoms with Crippen LogP contribution in [0.15, 0.2) is 24.3 Å². The molecular weight excluding hydrogens is 208 g/mol. The first-order valence-corrected chi connectivity index (χ1v) is 5.01. The number of benzene rings is 1. The topological polar surface area (TPSA) is 84.6 Å². The number of aryl methyl sites for hydroxylation is 1. The van der Waals surface area contributed by atoms with Crippen molar-refractivity contribution >= 4 is 6.09 Å². The van der Waals surface area contributed by atoms with Gasteiger partial charge in [-0.2, -0.15) is 0 Å². The molecular formula is C11H16N2O3. The van der Waals surface area contributed by atoms with Gasteiger partial charge in [0.25, 0.3) is 0 Å². The van der Waals surface area contributed by atoms with Gasteiger partial charge in [0.1, 0.15) is 12.4 Å². The van der Waals surface area contributed by atoms with Crippen LogP contribution in [0.2, 0.25) is 0 Å². The smallest absolute Gasteiger partial charge is 0.405 e. The highest BCUT2D eigenvalue weighted by Crippen LogP contribution is 2.12. The first-order chi connectivity index (χ1) is 7.61. The molecule has 0 saturated heterocycles.